The molecule has 6 nitrogen and oxygen atoms in total. The fraction of sp³-hybridized carbons (Fsp3) is 0.238. The third kappa shape index (κ3) is 5.98. The van der Waals surface area contributed by atoms with Crippen LogP contribution < -0.4 is 15.4 Å². The minimum absolute atomic E-state index is 0. The van der Waals surface area contributed by atoms with Crippen LogP contribution in [0.3, 0.4) is 0 Å². The van der Waals surface area contributed by atoms with Crippen LogP contribution in [-0.2, 0) is 20.1 Å². The molecule has 0 amide bonds. The van der Waals surface area contributed by atoms with E-state index in [1.54, 1.807) is 13.2 Å². The van der Waals surface area contributed by atoms with Gasteiger partial charge in [0.15, 0.2) is 5.96 Å². The lowest BCUT2D eigenvalue weighted by Crippen LogP contribution is -2.36. The lowest BCUT2D eigenvalue weighted by molar-refractivity contribution is 0.475. The first-order chi connectivity index (χ1) is 13.2. The number of rotatable bonds is 6. The number of ether oxygens (including phenoxy) is 1. The summed E-state index contributed by atoms with van der Waals surface area (Å²) < 4.78 is 7.89. The first-order valence-electron chi connectivity index (χ1n) is 8.89. The van der Waals surface area contributed by atoms with Crippen molar-refractivity contribution in [3.63, 3.8) is 0 Å². The summed E-state index contributed by atoms with van der Waals surface area (Å²) in [6.45, 7) is 3.32. The standard InChI is InChI=1S/C21H25N5O.HI/c1-16-8-10-19(11-9-16)27-20-7-5-4-6-17(20)14-23-21(22-2)24-15-18-12-13-25-26(18)3;/h4-13H,14-15H2,1-3H3,(H2,22,23,24);1H. The third-order valence-electron chi connectivity index (χ3n) is 4.25. The van der Waals surface area contributed by atoms with Gasteiger partial charge < -0.3 is 15.4 Å². The number of nitrogens with one attached hydrogen (secondary N) is 2. The number of benzene rings is 2. The van der Waals surface area contributed by atoms with E-state index in [4.69, 9.17) is 4.74 Å². The minimum atomic E-state index is 0. The molecule has 0 aliphatic heterocycles. The highest BCUT2D eigenvalue weighted by Crippen LogP contribution is 2.25. The van der Waals surface area contributed by atoms with Gasteiger partial charge in [-0.2, -0.15) is 5.10 Å². The number of aromatic nitrogens is 2. The Kier molecular flexibility index (Phi) is 8.31. The molecular formula is C21H26IN5O. The Bertz CT molecular complexity index is 905. The van der Waals surface area contributed by atoms with Gasteiger partial charge in [-0.15, -0.1) is 24.0 Å². The van der Waals surface area contributed by atoms with E-state index in [2.05, 4.69) is 27.6 Å². The van der Waals surface area contributed by atoms with Crippen molar-refractivity contribution in [2.45, 2.75) is 20.0 Å². The fourth-order valence-corrected chi connectivity index (χ4v) is 2.63. The van der Waals surface area contributed by atoms with Crippen LogP contribution >= 0.6 is 24.0 Å². The van der Waals surface area contributed by atoms with Crippen LogP contribution in [-0.4, -0.2) is 22.8 Å². The molecule has 0 unspecified atom stereocenters. The predicted octanol–water partition coefficient (Wildman–Crippen LogP) is 4.00. The van der Waals surface area contributed by atoms with Gasteiger partial charge in [0.05, 0.1) is 12.2 Å². The predicted molar refractivity (Wildman–Crippen MR) is 123 cm³/mol. The summed E-state index contributed by atoms with van der Waals surface area (Å²) in [5, 5.41) is 10.8. The molecule has 0 radical (unpaired) electrons. The van der Waals surface area contributed by atoms with Gasteiger partial charge in [-0.05, 0) is 31.2 Å². The lowest BCUT2D eigenvalue weighted by atomic mass is 10.2. The average Bonchev–Trinajstić information content (AvgIpc) is 3.10. The normalized spacial score (nSPS) is 10.9. The summed E-state index contributed by atoms with van der Waals surface area (Å²) in [5.41, 5.74) is 3.35. The summed E-state index contributed by atoms with van der Waals surface area (Å²) >= 11 is 0. The molecule has 0 saturated heterocycles. The van der Waals surface area contributed by atoms with Crippen molar-refractivity contribution in [1.82, 2.24) is 20.4 Å². The van der Waals surface area contributed by atoms with E-state index >= 15 is 0 Å². The van der Waals surface area contributed by atoms with E-state index in [1.165, 1.54) is 5.56 Å². The molecule has 0 aliphatic carbocycles. The van der Waals surface area contributed by atoms with Crippen molar-refractivity contribution in [3.05, 3.63) is 77.6 Å². The van der Waals surface area contributed by atoms with E-state index in [0.29, 0.717) is 13.1 Å². The second-order valence-corrected chi connectivity index (χ2v) is 6.25. The minimum Gasteiger partial charge on any atom is -0.457 e. The van der Waals surface area contributed by atoms with Crippen LogP contribution in [0.5, 0.6) is 11.5 Å². The highest BCUT2D eigenvalue weighted by Gasteiger charge is 2.06. The summed E-state index contributed by atoms with van der Waals surface area (Å²) in [6, 6.07) is 18.0. The Hall–Kier alpha value is -2.55. The van der Waals surface area contributed by atoms with Crippen molar-refractivity contribution in [3.8, 4) is 11.5 Å². The lowest BCUT2D eigenvalue weighted by Gasteiger charge is -2.15. The van der Waals surface area contributed by atoms with Gasteiger partial charge in [0.1, 0.15) is 11.5 Å². The quantitative estimate of drug-likeness (QED) is 0.311. The highest BCUT2D eigenvalue weighted by atomic mass is 127. The van der Waals surface area contributed by atoms with Crippen LogP contribution in [0.4, 0.5) is 0 Å². The zero-order chi connectivity index (χ0) is 19.1. The molecule has 0 atom stereocenters. The molecule has 0 saturated carbocycles. The monoisotopic (exact) mass is 491 g/mol. The van der Waals surface area contributed by atoms with Gasteiger partial charge in [-0.3, -0.25) is 9.67 Å². The summed E-state index contributed by atoms with van der Waals surface area (Å²) in [6.07, 6.45) is 1.78. The van der Waals surface area contributed by atoms with Crippen molar-refractivity contribution in [1.29, 1.82) is 0 Å². The zero-order valence-electron chi connectivity index (χ0n) is 16.3. The van der Waals surface area contributed by atoms with Gasteiger partial charge in [0.2, 0.25) is 0 Å². The largest absolute Gasteiger partial charge is 0.457 e. The second kappa shape index (κ2) is 10.7. The number of nitrogens with zero attached hydrogens (tertiary/aromatic N) is 3. The molecule has 3 aromatic rings. The van der Waals surface area contributed by atoms with Gasteiger partial charge in [0, 0.05) is 32.4 Å². The maximum absolute atomic E-state index is 6.05. The van der Waals surface area contributed by atoms with Crippen LogP contribution in [0.25, 0.3) is 0 Å². The van der Waals surface area contributed by atoms with Crippen molar-refractivity contribution in [2.24, 2.45) is 12.0 Å². The Balaban J connectivity index is 0.00000280. The molecular weight excluding hydrogens is 465 g/mol. The second-order valence-electron chi connectivity index (χ2n) is 6.25. The maximum atomic E-state index is 6.05. The number of aryl methyl sites for hydroxylation is 2. The summed E-state index contributed by atoms with van der Waals surface area (Å²) in [7, 11) is 3.68. The van der Waals surface area contributed by atoms with Crippen LogP contribution in [0, 0.1) is 6.92 Å². The number of halogens is 1. The van der Waals surface area contributed by atoms with Crippen molar-refractivity contribution in [2.75, 3.05) is 7.05 Å². The zero-order valence-corrected chi connectivity index (χ0v) is 18.7. The van der Waals surface area contributed by atoms with Crippen molar-refractivity contribution >= 4 is 29.9 Å². The van der Waals surface area contributed by atoms with Crippen LogP contribution in [0.1, 0.15) is 16.8 Å². The Labute approximate surface area is 183 Å². The molecule has 28 heavy (non-hydrogen) atoms. The number of para-hydroxylation sites is 1. The Morgan fingerprint density at radius 1 is 1.04 bits per heavy atom. The van der Waals surface area contributed by atoms with E-state index in [1.807, 2.05) is 66.3 Å². The van der Waals surface area contributed by atoms with Gasteiger partial charge in [-0.1, -0.05) is 35.9 Å². The van der Waals surface area contributed by atoms with E-state index in [-0.39, 0.29) is 24.0 Å². The number of guanidine groups is 1. The molecule has 2 N–H and O–H groups in total. The third-order valence-corrected chi connectivity index (χ3v) is 4.25. The molecule has 1 heterocycles. The van der Waals surface area contributed by atoms with Gasteiger partial charge >= 0.3 is 0 Å². The molecule has 1 aromatic heterocycles. The van der Waals surface area contributed by atoms with Gasteiger partial charge in [0.25, 0.3) is 0 Å². The number of aliphatic imine (C=N–C) groups is 1. The molecule has 0 spiro atoms. The molecule has 148 valence electrons. The highest BCUT2D eigenvalue weighted by molar-refractivity contribution is 14.0. The SMILES string of the molecule is CN=C(NCc1ccccc1Oc1ccc(C)cc1)NCc1ccnn1C.I. The van der Waals surface area contributed by atoms with E-state index < -0.39 is 0 Å². The van der Waals surface area contributed by atoms with Gasteiger partial charge in [-0.25, -0.2) is 0 Å². The number of hydrogen-bond acceptors (Lipinski definition) is 3. The summed E-state index contributed by atoms with van der Waals surface area (Å²) in [4.78, 5) is 4.28. The summed E-state index contributed by atoms with van der Waals surface area (Å²) in [5.74, 6) is 2.38. The van der Waals surface area contributed by atoms with E-state index in [9.17, 15) is 0 Å². The smallest absolute Gasteiger partial charge is 0.191 e. The molecule has 3 rings (SSSR count). The fourth-order valence-electron chi connectivity index (χ4n) is 2.63. The van der Waals surface area contributed by atoms with Crippen molar-refractivity contribution < 1.29 is 4.74 Å². The van der Waals surface area contributed by atoms with Crippen LogP contribution in [0.15, 0.2) is 65.8 Å². The topological polar surface area (TPSA) is 63.5 Å². The first kappa shape index (κ1) is 21.7. The molecule has 0 bridgehead atoms. The molecule has 0 aliphatic rings. The Morgan fingerprint density at radius 2 is 1.75 bits per heavy atom. The number of hydrogen-bond donors (Lipinski definition) is 2. The average molecular weight is 491 g/mol. The van der Waals surface area contributed by atoms with Crippen LogP contribution in [0.2, 0.25) is 0 Å². The molecule has 2 aromatic carbocycles. The first-order valence-corrected chi connectivity index (χ1v) is 8.89. The molecule has 0 fully saturated rings. The van der Waals surface area contributed by atoms with E-state index in [0.717, 1.165) is 28.7 Å². The molecule has 7 heteroatoms. The Morgan fingerprint density at radius 3 is 2.43 bits per heavy atom. The maximum Gasteiger partial charge on any atom is 0.191 e.